The first-order valence-electron chi connectivity index (χ1n) is 8.59. The summed E-state index contributed by atoms with van der Waals surface area (Å²) in [4.78, 5) is 14.7. The van der Waals surface area contributed by atoms with E-state index in [0.29, 0.717) is 11.8 Å². The second kappa shape index (κ2) is 7.83. The van der Waals surface area contributed by atoms with Crippen LogP contribution in [0.3, 0.4) is 0 Å². The van der Waals surface area contributed by atoms with Crippen LogP contribution in [0.1, 0.15) is 38.2 Å². The largest absolute Gasteiger partial charge is 0.339 e. The summed E-state index contributed by atoms with van der Waals surface area (Å²) in [7, 11) is 0. The second-order valence-electron chi connectivity index (χ2n) is 6.20. The quantitative estimate of drug-likeness (QED) is 0.780. The molecule has 2 heterocycles. The van der Waals surface area contributed by atoms with E-state index in [1.54, 1.807) is 6.33 Å². The molecule has 0 aliphatic carbocycles. The highest BCUT2D eigenvalue weighted by Crippen LogP contribution is 2.24. The van der Waals surface area contributed by atoms with Crippen molar-refractivity contribution in [3.8, 4) is 5.69 Å². The van der Waals surface area contributed by atoms with Crippen molar-refractivity contribution >= 4 is 17.7 Å². The minimum absolute atomic E-state index is 0.214. The highest BCUT2D eigenvalue weighted by molar-refractivity contribution is 7.99. The number of amides is 1. The minimum atomic E-state index is 0.214. The van der Waals surface area contributed by atoms with E-state index >= 15 is 0 Å². The van der Waals surface area contributed by atoms with Gasteiger partial charge in [0.15, 0.2) is 5.16 Å². The highest BCUT2D eigenvalue weighted by Gasteiger charge is 2.25. The Bertz CT molecular complexity index is 700. The number of carbonyl (C=O) groups is 1. The first kappa shape index (κ1) is 17.0. The summed E-state index contributed by atoms with van der Waals surface area (Å²) in [5.74, 6) is 0.632. The molecule has 3 rings (SSSR count). The van der Waals surface area contributed by atoms with Gasteiger partial charge in [0.1, 0.15) is 6.33 Å². The Hall–Kier alpha value is -1.82. The fourth-order valence-electron chi connectivity index (χ4n) is 3.28. The number of benzene rings is 1. The predicted molar refractivity (Wildman–Crippen MR) is 96.5 cm³/mol. The van der Waals surface area contributed by atoms with Gasteiger partial charge in [0.05, 0.1) is 11.4 Å². The van der Waals surface area contributed by atoms with Crippen molar-refractivity contribution in [3.63, 3.8) is 0 Å². The second-order valence-corrected chi connectivity index (χ2v) is 7.15. The molecule has 6 heteroatoms. The number of piperidine rings is 1. The fraction of sp³-hybridized carbons (Fsp3) is 0.500. The molecule has 5 nitrogen and oxygen atoms in total. The standard InChI is InChI=1S/C18H24N4OS/c1-3-15-9-6-7-11-21(15)17(23)12-24-18-20-19-13-22(18)16-10-5-4-8-14(16)2/h4-5,8,10,13,15H,3,6-7,9,11-12H2,1-2H3. The summed E-state index contributed by atoms with van der Waals surface area (Å²) in [5, 5.41) is 8.99. The van der Waals surface area contributed by atoms with Gasteiger partial charge >= 0.3 is 0 Å². The molecule has 0 N–H and O–H groups in total. The molecule has 1 aromatic carbocycles. The monoisotopic (exact) mass is 344 g/mol. The van der Waals surface area contributed by atoms with Crippen molar-refractivity contribution in [2.75, 3.05) is 12.3 Å². The number of nitrogens with zero attached hydrogens (tertiary/aromatic N) is 4. The van der Waals surface area contributed by atoms with E-state index in [9.17, 15) is 4.79 Å². The molecule has 0 bridgehead atoms. The Morgan fingerprint density at radius 2 is 2.17 bits per heavy atom. The number of likely N-dealkylation sites (tertiary alicyclic amines) is 1. The molecular formula is C18H24N4OS. The first-order valence-corrected chi connectivity index (χ1v) is 9.57. The van der Waals surface area contributed by atoms with E-state index in [4.69, 9.17) is 0 Å². The Kier molecular flexibility index (Phi) is 5.56. The van der Waals surface area contributed by atoms with Crippen LogP contribution < -0.4 is 0 Å². The summed E-state index contributed by atoms with van der Waals surface area (Å²) in [5.41, 5.74) is 2.22. The van der Waals surface area contributed by atoms with Crippen LogP contribution in [0.2, 0.25) is 0 Å². The van der Waals surface area contributed by atoms with Crippen molar-refractivity contribution < 1.29 is 4.79 Å². The zero-order chi connectivity index (χ0) is 16.9. The van der Waals surface area contributed by atoms with E-state index in [0.717, 1.165) is 42.2 Å². The van der Waals surface area contributed by atoms with E-state index in [1.165, 1.54) is 18.2 Å². The highest BCUT2D eigenvalue weighted by atomic mass is 32.2. The molecular weight excluding hydrogens is 320 g/mol. The molecule has 24 heavy (non-hydrogen) atoms. The van der Waals surface area contributed by atoms with Crippen LogP contribution in [-0.2, 0) is 4.79 Å². The summed E-state index contributed by atoms with van der Waals surface area (Å²) in [6, 6.07) is 8.53. The number of carbonyl (C=O) groups excluding carboxylic acids is 1. The van der Waals surface area contributed by atoms with Crippen LogP contribution in [0.4, 0.5) is 0 Å². The van der Waals surface area contributed by atoms with Gasteiger partial charge < -0.3 is 4.90 Å². The molecule has 128 valence electrons. The molecule has 1 unspecified atom stereocenters. The summed E-state index contributed by atoms with van der Waals surface area (Å²) < 4.78 is 1.96. The Morgan fingerprint density at radius 3 is 2.96 bits per heavy atom. The maximum atomic E-state index is 12.6. The smallest absolute Gasteiger partial charge is 0.233 e. The van der Waals surface area contributed by atoms with Crippen molar-refractivity contribution in [1.82, 2.24) is 19.7 Å². The number of para-hydroxylation sites is 1. The number of hydrogen-bond acceptors (Lipinski definition) is 4. The molecule has 1 fully saturated rings. The van der Waals surface area contributed by atoms with Gasteiger partial charge in [0.25, 0.3) is 0 Å². The van der Waals surface area contributed by atoms with Gasteiger partial charge in [-0.2, -0.15) is 0 Å². The van der Waals surface area contributed by atoms with Crippen LogP contribution >= 0.6 is 11.8 Å². The number of thioether (sulfide) groups is 1. The zero-order valence-electron chi connectivity index (χ0n) is 14.3. The van der Waals surface area contributed by atoms with Crippen LogP contribution in [0.25, 0.3) is 5.69 Å². The third-order valence-corrected chi connectivity index (χ3v) is 5.56. The van der Waals surface area contributed by atoms with Crippen LogP contribution in [0.5, 0.6) is 0 Å². The van der Waals surface area contributed by atoms with Crippen molar-refractivity contribution in [3.05, 3.63) is 36.2 Å². The van der Waals surface area contributed by atoms with E-state index in [2.05, 4.69) is 35.0 Å². The molecule has 1 aliphatic heterocycles. The third kappa shape index (κ3) is 3.64. The van der Waals surface area contributed by atoms with Gasteiger partial charge in [0, 0.05) is 12.6 Å². The summed E-state index contributed by atoms with van der Waals surface area (Å²) >= 11 is 1.47. The van der Waals surface area contributed by atoms with Gasteiger partial charge in [-0.1, -0.05) is 36.9 Å². The zero-order valence-corrected chi connectivity index (χ0v) is 15.1. The Morgan fingerprint density at radius 1 is 1.33 bits per heavy atom. The molecule has 1 amide bonds. The number of hydrogen-bond donors (Lipinski definition) is 0. The molecule has 0 saturated carbocycles. The van der Waals surface area contributed by atoms with Crippen molar-refractivity contribution in [2.24, 2.45) is 0 Å². The molecule has 2 aromatic rings. The lowest BCUT2D eigenvalue weighted by Crippen LogP contribution is -2.44. The third-order valence-electron chi connectivity index (χ3n) is 4.63. The minimum Gasteiger partial charge on any atom is -0.339 e. The van der Waals surface area contributed by atoms with Crippen LogP contribution in [-0.4, -0.2) is 43.9 Å². The lowest BCUT2D eigenvalue weighted by Gasteiger charge is -2.35. The van der Waals surface area contributed by atoms with Gasteiger partial charge in [-0.05, 0) is 44.2 Å². The predicted octanol–water partition coefficient (Wildman–Crippen LogP) is 3.46. The molecule has 0 radical (unpaired) electrons. The number of rotatable bonds is 5. The molecule has 0 spiro atoms. The van der Waals surface area contributed by atoms with Crippen LogP contribution in [0.15, 0.2) is 35.7 Å². The normalized spacial score (nSPS) is 17.9. The van der Waals surface area contributed by atoms with E-state index in [-0.39, 0.29) is 5.91 Å². The van der Waals surface area contributed by atoms with E-state index < -0.39 is 0 Å². The Labute approximate surface area is 147 Å². The topological polar surface area (TPSA) is 51.0 Å². The maximum Gasteiger partial charge on any atom is 0.233 e. The van der Waals surface area contributed by atoms with Crippen LogP contribution in [0, 0.1) is 6.92 Å². The number of aryl methyl sites for hydroxylation is 1. The molecule has 1 aliphatic rings. The Balaban J connectivity index is 1.68. The number of aromatic nitrogens is 3. The SMILES string of the molecule is CCC1CCCCN1C(=O)CSc1nncn1-c1ccccc1C. The molecule has 1 aromatic heterocycles. The fourth-order valence-corrected chi connectivity index (χ4v) is 4.09. The van der Waals surface area contributed by atoms with E-state index in [1.807, 2.05) is 22.8 Å². The van der Waals surface area contributed by atoms with Gasteiger partial charge in [0.2, 0.25) is 5.91 Å². The maximum absolute atomic E-state index is 12.6. The average molecular weight is 344 g/mol. The van der Waals surface area contributed by atoms with Gasteiger partial charge in [-0.3, -0.25) is 9.36 Å². The summed E-state index contributed by atoms with van der Waals surface area (Å²) in [6.07, 6.45) is 6.23. The first-order chi connectivity index (χ1) is 11.7. The van der Waals surface area contributed by atoms with Crippen molar-refractivity contribution in [2.45, 2.75) is 50.7 Å². The van der Waals surface area contributed by atoms with Gasteiger partial charge in [-0.15, -0.1) is 10.2 Å². The average Bonchev–Trinajstić information content (AvgIpc) is 3.08. The molecule has 1 atom stereocenters. The molecule has 1 saturated heterocycles. The summed E-state index contributed by atoms with van der Waals surface area (Å²) in [6.45, 7) is 5.12. The van der Waals surface area contributed by atoms with Crippen molar-refractivity contribution in [1.29, 1.82) is 0 Å². The van der Waals surface area contributed by atoms with Gasteiger partial charge in [-0.25, -0.2) is 0 Å². The lowest BCUT2D eigenvalue weighted by atomic mass is 10.0. The lowest BCUT2D eigenvalue weighted by molar-refractivity contribution is -0.132.